The van der Waals surface area contributed by atoms with Gasteiger partial charge in [0.05, 0.1) is 17.8 Å². The van der Waals surface area contributed by atoms with E-state index in [-0.39, 0.29) is 18.0 Å². The Kier molecular flexibility index (Phi) is 3.51. The van der Waals surface area contributed by atoms with E-state index in [2.05, 4.69) is 22.5 Å². The van der Waals surface area contributed by atoms with E-state index in [1.807, 2.05) is 24.3 Å². The van der Waals surface area contributed by atoms with Crippen molar-refractivity contribution in [3.63, 3.8) is 0 Å². The van der Waals surface area contributed by atoms with E-state index in [0.717, 1.165) is 35.4 Å². The third-order valence-corrected chi connectivity index (χ3v) is 5.54. The Bertz CT molecular complexity index is 711. The molecule has 2 aromatic rings. The molecule has 1 aromatic carbocycles. The quantitative estimate of drug-likeness (QED) is 0.789. The highest BCUT2D eigenvalue weighted by Gasteiger charge is 2.47. The number of hydrazone groups is 1. The lowest BCUT2D eigenvalue weighted by atomic mass is 10.0. The Labute approximate surface area is 138 Å². The molecular weight excluding hydrogens is 316 g/mol. The fourth-order valence-corrected chi connectivity index (χ4v) is 3.96. The van der Waals surface area contributed by atoms with Crippen LogP contribution < -0.4 is 0 Å². The number of carbonyl (C=O) groups is 1. The fraction of sp³-hybridized carbons (Fsp3) is 0.294. The van der Waals surface area contributed by atoms with Crippen LogP contribution in [0.4, 0.5) is 0 Å². The Morgan fingerprint density at radius 1 is 1.27 bits per heavy atom. The highest BCUT2D eigenvalue weighted by Crippen LogP contribution is 2.45. The molecule has 5 heteroatoms. The summed E-state index contributed by atoms with van der Waals surface area (Å²) >= 11 is 7.72. The number of thiophene rings is 1. The summed E-state index contributed by atoms with van der Waals surface area (Å²) in [7, 11) is 0. The van der Waals surface area contributed by atoms with E-state index >= 15 is 0 Å². The van der Waals surface area contributed by atoms with Gasteiger partial charge in [0, 0.05) is 22.2 Å². The van der Waals surface area contributed by atoms with E-state index in [4.69, 9.17) is 16.7 Å². The lowest BCUT2D eigenvalue weighted by Gasteiger charge is -2.22. The third-order valence-electron chi connectivity index (χ3n) is 4.31. The maximum atomic E-state index is 11.0. The van der Waals surface area contributed by atoms with Crippen molar-refractivity contribution in [3.05, 3.63) is 57.2 Å². The minimum atomic E-state index is 0.135. The van der Waals surface area contributed by atoms with Crippen molar-refractivity contribution in [1.82, 2.24) is 5.01 Å². The predicted molar refractivity (Wildman–Crippen MR) is 89.5 cm³/mol. The summed E-state index contributed by atoms with van der Waals surface area (Å²) < 4.78 is 0. The van der Waals surface area contributed by atoms with Crippen LogP contribution in [0.15, 0.2) is 46.9 Å². The van der Waals surface area contributed by atoms with Gasteiger partial charge in [-0.3, -0.25) is 5.01 Å². The largest absolute Gasteiger partial charge is 0.303 e. The maximum absolute atomic E-state index is 11.0. The molecule has 0 saturated heterocycles. The molecule has 0 amide bonds. The number of benzene rings is 1. The summed E-state index contributed by atoms with van der Waals surface area (Å²) in [5.41, 5.74) is 2.18. The van der Waals surface area contributed by atoms with Gasteiger partial charge in [-0.1, -0.05) is 29.8 Å². The van der Waals surface area contributed by atoms with Crippen LogP contribution in [-0.2, 0) is 4.79 Å². The van der Waals surface area contributed by atoms with E-state index in [1.165, 1.54) is 4.88 Å². The van der Waals surface area contributed by atoms with Gasteiger partial charge >= 0.3 is 0 Å². The van der Waals surface area contributed by atoms with Crippen molar-refractivity contribution in [2.24, 2.45) is 11.0 Å². The van der Waals surface area contributed by atoms with Gasteiger partial charge < -0.3 is 4.79 Å². The number of hydrogen-bond acceptors (Lipinski definition) is 4. The van der Waals surface area contributed by atoms with Crippen LogP contribution in [0.2, 0.25) is 5.02 Å². The number of rotatable bonds is 4. The summed E-state index contributed by atoms with van der Waals surface area (Å²) in [6.45, 7) is 0. The van der Waals surface area contributed by atoms with Gasteiger partial charge in [0.25, 0.3) is 0 Å². The molecule has 1 saturated carbocycles. The van der Waals surface area contributed by atoms with E-state index in [0.29, 0.717) is 0 Å². The molecule has 3 nitrogen and oxygen atoms in total. The monoisotopic (exact) mass is 330 g/mol. The van der Waals surface area contributed by atoms with Crippen molar-refractivity contribution in [1.29, 1.82) is 0 Å². The first-order valence-corrected chi connectivity index (χ1v) is 8.62. The average Bonchev–Trinajstić information content (AvgIpc) is 2.95. The van der Waals surface area contributed by atoms with Crippen molar-refractivity contribution >= 4 is 34.9 Å². The zero-order valence-corrected chi connectivity index (χ0v) is 13.4. The Hall–Kier alpha value is -1.65. The van der Waals surface area contributed by atoms with Crippen molar-refractivity contribution in [2.75, 3.05) is 0 Å². The van der Waals surface area contributed by atoms with Gasteiger partial charge in [-0.15, -0.1) is 11.3 Å². The molecule has 0 N–H and O–H groups in total. The molecule has 3 atom stereocenters. The molecule has 3 unspecified atom stereocenters. The molecule has 0 bridgehead atoms. The second-order valence-corrected chi connectivity index (χ2v) is 7.19. The minimum Gasteiger partial charge on any atom is -0.303 e. The first-order chi connectivity index (χ1) is 10.8. The van der Waals surface area contributed by atoms with E-state index in [9.17, 15) is 4.79 Å². The standard InChI is InChI=1S/C17H15ClN2OS/c18-13-5-3-11(4-6-13)14-9-16(17-2-1-7-22-17)20(19-14)15-8-12(15)10-21/h1-7,10,12,15-16H,8-9H2. The second-order valence-electron chi connectivity index (χ2n) is 5.77. The van der Waals surface area contributed by atoms with Crippen LogP contribution in [0.25, 0.3) is 0 Å². The minimum absolute atomic E-state index is 0.135. The predicted octanol–water partition coefficient (Wildman–Crippen LogP) is 4.14. The zero-order chi connectivity index (χ0) is 15.1. The SMILES string of the molecule is O=CC1CC1N1N=C(c2ccc(Cl)cc2)CC1c1cccs1. The molecule has 2 aliphatic rings. The van der Waals surface area contributed by atoms with Crippen LogP contribution in [0.5, 0.6) is 0 Å². The molecule has 2 heterocycles. The summed E-state index contributed by atoms with van der Waals surface area (Å²) in [6.07, 6.45) is 2.86. The molecule has 1 aromatic heterocycles. The number of hydrogen-bond donors (Lipinski definition) is 0. The molecule has 0 radical (unpaired) electrons. The Morgan fingerprint density at radius 2 is 2.09 bits per heavy atom. The van der Waals surface area contributed by atoms with Crippen LogP contribution in [-0.4, -0.2) is 23.0 Å². The highest BCUT2D eigenvalue weighted by molar-refractivity contribution is 7.10. The second kappa shape index (κ2) is 5.52. The molecule has 112 valence electrons. The van der Waals surface area contributed by atoms with E-state index < -0.39 is 0 Å². The van der Waals surface area contributed by atoms with Crippen LogP contribution >= 0.6 is 22.9 Å². The van der Waals surface area contributed by atoms with Crippen LogP contribution in [0.1, 0.15) is 29.3 Å². The topological polar surface area (TPSA) is 32.7 Å². The maximum Gasteiger partial charge on any atom is 0.125 e. The van der Waals surface area contributed by atoms with Gasteiger partial charge in [0.1, 0.15) is 6.29 Å². The normalized spacial score (nSPS) is 26.9. The van der Waals surface area contributed by atoms with Crippen molar-refractivity contribution in [3.8, 4) is 0 Å². The summed E-state index contributed by atoms with van der Waals surface area (Å²) in [6, 6.07) is 12.6. The molecule has 22 heavy (non-hydrogen) atoms. The Balaban J connectivity index is 1.65. The highest BCUT2D eigenvalue weighted by atomic mass is 35.5. The summed E-state index contributed by atoms with van der Waals surface area (Å²) in [5.74, 6) is 0.135. The summed E-state index contributed by atoms with van der Waals surface area (Å²) in [4.78, 5) is 12.3. The van der Waals surface area contributed by atoms with Gasteiger partial charge in [-0.05, 0) is 35.6 Å². The molecule has 1 fully saturated rings. The lowest BCUT2D eigenvalue weighted by Crippen LogP contribution is -2.22. The first kappa shape index (κ1) is 14.0. The third kappa shape index (κ3) is 2.46. The van der Waals surface area contributed by atoms with Gasteiger partial charge in [-0.2, -0.15) is 5.10 Å². The molecule has 0 spiro atoms. The number of halogens is 1. The Morgan fingerprint density at radius 3 is 2.73 bits per heavy atom. The molecule has 1 aliphatic carbocycles. The number of carbonyl (C=O) groups excluding carboxylic acids is 1. The summed E-state index contributed by atoms with van der Waals surface area (Å²) in [5, 5.41) is 9.82. The fourth-order valence-electron chi connectivity index (χ4n) is 3.01. The smallest absolute Gasteiger partial charge is 0.125 e. The van der Waals surface area contributed by atoms with Gasteiger partial charge in [0.2, 0.25) is 0 Å². The lowest BCUT2D eigenvalue weighted by molar-refractivity contribution is -0.109. The van der Waals surface area contributed by atoms with Crippen LogP contribution in [0, 0.1) is 5.92 Å². The van der Waals surface area contributed by atoms with Crippen LogP contribution in [0.3, 0.4) is 0 Å². The molecular formula is C17H15ClN2OS. The van der Waals surface area contributed by atoms with Crippen molar-refractivity contribution in [2.45, 2.75) is 24.9 Å². The molecule has 1 aliphatic heterocycles. The van der Waals surface area contributed by atoms with Crippen molar-refractivity contribution < 1.29 is 4.79 Å². The molecule has 4 rings (SSSR count). The zero-order valence-electron chi connectivity index (χ0n) is 11.9. The average molecular weight is 331 g/mol. The first-order valence-electron chi connectivity index (χ1n) is 7.36. The van der Waals surface area contributed by atoms with E-state index in [1.54, 1.807) is 11.3 Å². The number of nitrogens with zero attached hydrogens (tertiary/aromatic N) is 2. The van der Waals surface area contributed by atoms with Gasteiger partial charge in [-0.25, -0.2) is 0 Å². The van der Waals surface area contributed by atoms with Gasteiger partial charge in [0.15, 0.2) is 0 Å². The number of aldehydes is 1.